The van der Waals surface area contributed by atoms with Crippen molar-refractivity contribution in [1.29, 1.82) is 0 Å². The molecule has 0 radical (unpaired) electrons. The number of phenolic OH excluding ortho intramolecular Hbond substituents is 1. The van der Waals surface area contributed by atoms with Gasteiger partial charge in [-0.3, -0.25) is 4.79 Å². The number of esters is 1. The molecule has 0 aromatic heterocycles. The smallest absolute Gasteiger partial charge is 0.316 e. The quantitative estimate of drug-likeness (QED) is 0.392. The number of hydroxylamine groups is 1. The van der Waals surface area contributed by atoms with Crippen LogP contribution in [-0.4, -0.2) is 50.0 Å². The van der Waals surface area contributed by atoms with Crippen molar-refractivity contribution in [2.75, 3.05) is 27.6 Å². The zero-order valence-electron chi connectivity index (χ0n) is 20.6. The molecule has 0 bridgehead atoms. The minimum Gasteiger partial charge on any atom is -0.504 e. The Hall–Kier alpha value is -3.37. The van der Waals surface area contributed by atoms with Gasteiger partial charge in [0.1, 0.15) is 11.7 Å². The molecule has 2 aromatic carbocycles. The largest absolute Gasteiger partial charge is 0.504 e. The average molecular weight is 492 g/mol. The van der Waals surface area contributed by atoms with Crippen molar-refractivity contribution in [2.45, 2.75) is 45.8 Å². The second-order valence-electron chi connectivity index (χ2n) is 7.88. The number of nitrogens with one attached hydrogen (secondary N) is 1. The molecule has 3 N–H and O–H groups in total. The third-order valence-electron chi connectivity index (χ3n) is 5.65. The van der Waals surface area contributed by atoms with Crippen LogP contribution in [0.1, 0.15) is 50.7 Å². The van der Waals surface area contributed by atoms with Crippen LogP contribution in [0.25, 0.3) is 0 Å². The first kappa shape index (κ1) is 26.2. The fraction of sp³-hybridized carbons (Fsp3) is 0.480. The number of aliphatic hydroxyl groups excluding tert-OH is 1. The first-order valence-electron chi connectivity index (χ1n) is 11.6. The summed E-state index contributed by atoms with van der Waals surface area (Å²) in [5.41, 5.74) is 3.54. The zero-order valence-corrected chi connectivity index (χ0v) is 20.6. The van der Waals surface area contributed by atoms with E-state index in [1.54, 1.807) is 25.1 Å². The summed E-state index contributed by atoms with van der Waals surface area (Å²) in [6.07, 6.45) is 1.15. The molecule has 3 unspecified atom stereocenters. The van der Waals surface area contributed by atoms with Gasteiger partial charge in [0.05, 0.1) is 13.7 Å². The molecule has 10 heteroatoms. The third-order valence-corrected chi connectivity index (χ3v) is 5.65. The Kier molecular flexibility index (Phi) is 8.89. The van der Waals surface area contributed by atoms with Crippen LogP contribution in [0.4, 0.5) is 0 Å². The number of aliphatic hydroxyl groups is 1. The Morgan fingerprint density at radius 3 is 2.37 bits per heavy atom. The number of carbonyl (C=O) groups excluding carboxylic acids is 1. The second-order valence-corrected chi connectivity index (χ2v) is 7.88. The van der Waals surface area contributed by atoms with E-state index in [1.165, 1.54) is 33.1 Å². The molecule has 0 amide bonds. The molecule has 2 aliphatic heterocycles. The predicted octanol–water partition coefficient (Wildman–Crippen LogP) is 3.47. The van der Waals surface area contributed by atoms with Gasteiger partial charge in [0, 0.05) is 24.6 Å². The molecule has 2 heterocycles. The van der Waals surface area contributed by atoms with Crippen LogP contribution in [0.3, 0.4) is 0 Å². The number of ether oxygens (including phenoxy) is 5. The van der Waals surface area contributed by atoms with Gasteiger partial charge in [-0.25, -0.2) is 0 Å². The highest BCUT2D eigenvalue weighted by Gasteiger charge is 2.45. The lowest BCUT2D eigenvalue weighted by Gasteiger charge is -2.36. The van der Waals surface area contributed by atoms with Crippen molar-refractivity contribution in [2.24, 2.45) is 5.92 Å². The van der Waals surface area contributed by atoms with E-state index in [4.69, 9.17) is 28.5 Å². The van der Waals surface area contributed by atoms with Gasteiger partial charge in [0.2, 0.25) is 18.8 Å². The number of hydrogen-bond acceptors (Lipinski definition) is 10. The fourth-order valence-electron chi connectivity index (χ4n) is 3.87. The lowest BCUT2D eigenvalue weighted by Crippen LogP contribution is -2.42. The maximum Gasteiger partial charge on any atom is 0.316 e. The molecule has 2 aliphatic rings. The molecule has 10 nitrogen and oxygen atoms in total. The lowest BCUT2D eigenvalue weighted by molar-refractivity contribution is -0.164. The first-order chi connectivity index (χ1) is 16.9. The summed E-state index contributed by atoms with van der Waals surface area (Å²) in [5, 5.41) is 21.3. The van der Waals surface area contributed by atoms with Crippen molar-refractivity contribution in [3.63, 3.8) is 0 Å². The van der Waals surface area contributed by atoms with E-state index in [-0.39, 0.29) is 30.6 Å². The standard InChI is InChI=1S/C21H23NO9.C4H10/c1-4-27-20(24)18-17(10-5-12(23)19(31-22-2)16(6-10)26-3)11-7-14-15(29-9-28-14)8-13(11)30-21(18)25;1-3-4-2/h5-8,17-18,21-23,25H,4,9H2,1-3H3;3-4H2,1-2H3. The van der Waals surface area contributed by atoms with Crippen molar-refractivity contribution >= 4 is 5.97 Å². The number of methoxy groups -OCH3 is 1. The highest BCUT2D eigenvalue weighted by molar-refractivity contribution is 5.77. The van der Waals surface area contributed by atoms with E-state index in [9.17, 15) is 15.0 Å². The lowest BCUT2D eigenvalue weighted by atomic mass is 9.77. The Labute approximate surface area is 204 Å². The molecule has 0 saturated carbocycles. The third kappa shape index (κ3) is 5.49. The first-order valence-corrected chi connectivity index (χ1v) is 11.6. The van der Waals surface area contributed by atoms with E-state index in [0.29, 0.717) is 28.4 Å². The number of aromatic hydroxyl groups is 1. The maximum atomic E-state index is 12.8. The molecule has 2 aromatic rings. The van der Waals surface area contributed by atoms with Gasteiger partial charge in [0.25, 0.3) is 0 Å². The predicted molar refractivity (Wildman–Crippen MR) is 126 cm³/mol. The van der Waals surface area contributed by atoms with Gasteiger partial charge in [-0.15, -0.1) is 0 Å². The van der Waals surface area contributed by atoms with E-state index < -0.39 is 24.1 Å². The number of phenols is 1. The van der Waals surface area contributed by atoms with Crippen molar-refractivity contribution in [1.82, 2.24) is 5.48 Å². The Balaban J connectivity index is 0.000000795. The molecule has 0 aliphatic carbocycles. The molecule has 192 valence electrons. The topological polar surface area (TPSA) is 125 Å². The van der Waals surface area contributed by atoms with Crippen LogP contribution in [0.2, 0.25) is 0 Å². The van der Waals surface area contributed by atoms with Crippen LogP contribution in [0.15, 0.2) is 24.3 Å². The molecular formula is C25H33NO9. The number of unbranched alkanes of at least 4 members (excludes halogenated alkanes) is 1. The van der Waals surface area contributed by atoms with Gasteiger partial charge in [0.15, 0.2) is 23.0 Å². The Morgan fingerprint density at radius 2 is 1.77 bits per heavy atom. The number of rotatable bonds is 7. The summed E-state index contributed by atoms with van der Waals surface area (Å²) >= 11 is 0. The highest BCUT2D eigenvalue weighted by atomic mass is 16.7. The van der Waals surface area contributed by atoms with E-state index >= 15 is 0 Å². The van der Waals surface area contributed by atoms with Gasteiger partial charge in [-0.05, 0) is 30.7 Å². The number of carbonyl (C=O) groups is 1. The summed E-state index contributed by atoms with van der Waals surface area (Å²) in [7, 11) is 2.96. The minimum absolute atomic E-state index is 0.0530. The number of fused-ring (bicyclic) bond motifs is 2. The van der Waals surface area contributed by atoms with Gasteiger partial charge in [-0.1, -0.05) is 26.7 Å². The van der Waals surface area contributed by atoms with E-state index in [2.05, 4.69) is 19.3 Å². The summed E-state index contributed by atoms with van der Waals surface area (Å²) in [5.74, 6) is -1.10. The molecular weight excluding hydrogens is 458 g/mol. The fourth-order valence-corrected chi connectivity index (χ4v) is 3.87. The van der Waals surface area contributed by atoms with Crippen molar-refractivity contribution in [3.8, 4) is 34.5 Å². The zero-order chi connectivity index (χ0) is 25.5. The number of benzene rings is 2. The molecule has 0 spiro atoms. The van der Waals surface area contributed by atoms with Gasteiger partial charge in [-0.2, -0.15) is 5.48 Å². The maximum absolute atomic E-state index is 12.8. The van der Waals surface area contributed by atoms with Crippen molar-refractivity contribution in [3.05, 3.63) is 35.4 Å². The SMILES string of the molecule is CCCC.CCOC(=O)C1C(O)Oc2cc3c(cc2C1c1cc(O)c(ONC)c(OC)c1)OCO3. The summed E-state index contributed by atoms with van der Waals surface area (Å²) in [6.45, 7) is 6.22. The van der Waals surface area contributed by atoms with Gasteiger partial charge >= 0.3 is 5.97 Å². The summed E-state index contributed by atoms with van der Waals surface area (Å²) in [6, 6.07) is 6.36. The van der Waals surface area contributed by atoms with Crippen LogP contribution < -0.4 is 29.3 Å². The molecule has 3 atom stereocenters. The molecule has 35 heavy (non-hydrogen) atoms. The highest BCUT2D eigenvalue weighted by Crippen LogP contribution is 2.51. The van der Waals surface area contributed by atoms with Crippen LogP contribution >= 0.6 is 0 Å². The van der Waals surface area contributed by atoms with Crippen LogP contribution in [-0.2, 0) is 9.53 Å². The van der Waals surface area contributed by atoms with Crippen LogP contribution in [0, 0.1) is 5.92 Å². The molecule has 0 fully saturated rings. The Bertz CT molecular complexity index is 1020. The monoisotopic (exact) mass is 491 g/mol. The molecule has 0 saturated heterocycles. The van der Waals surface area contributed by atoms with E-state index in [0.717, 1.165) is 0 Å². The van der Waals surface area contributed by atoms with Gasteiger partial charge < -0.3 is 38.7 Å². The summed E-state index contributed by atoms with van der Waals surface area (Å²) < 4.78 is 27.1. The Morgan fingerprint density at radius 1 is 1.09 bits per heavy atom. The van der Waals surface area contributed by atoms with E-state index in [1.807, 2.05) is 0 Å². The van der Waals surface area contributed by atoms with Crippen molar-refractivity contribution < 1.29 is 43.5 Å². The second kappa shape index (κ2) is 11.9. The average Bonchev–Trinajstić information content (AvgIpc) is 3.30. The van der Waals surface area contributed by atoms with Crippen LogP contribution in [0.5, 0.6) is 34.5 Å². The normalized spacial score (nSPS) is 19.5. The molecule has 4 rings (SSSR count). The summed E-state index contributed by atoms with van der Waals surface area (Å²) in [4.78, 5) is 18.0. The number of hydrogen-bond donors (Lipinski definition) is 3. The minimum atomic E-state index is -1.49.